The van der Waals surface area contributed by atoms with Crippen molar-refractivity contribution in [2.24, 2.45) is 0 Å². The van der Waals surface area contributed by atoms with Gasteiger partial charge in [0, 0.05) is 11.6 Å². The highest BCUT2D eigenvalue weighted by atomic mass is 79.9. The number of alkyl halides is 1. The van der Waals surface area contributed by atoms with Gasteiger partial charge in [-0.15, -0.1) is 0 Å². The van der Waals surface area contributed by atoms with Crippen molar-refractivity contribution in [3.05, 3.63) is 59.7 Å². The van der Waals surface area contributed by atoms with Gasteiger partial charge in [-0.3, -0.25) is 9.52 Å². The first-order chi connectivity index (χ1) is 10.9. The molecule has 0 fully saturated rings. The number of carbonyl (C=O) groups is 1. The van der Waals surface area contributed by atoms with Gasteiger partial charge in [0.1, 0.15) is 12.4 Å². The number of nitrogens with one attached hydrogen (secondary N) is 1. The molecule has 0 saturated carbocycles. The van der Waals surface area contributed by atoms with Crippen LogP contribution in [0.3, 0.4) is 0 Å². The number of rotatable bonds is 7. The zero-order valence-corrected chi connectivity index (χ0v) is 14.9. The van der Waals surface area contributed by atoms with Gasteiger partial charge in [-0.2, -0.15) is 0 Å². The molecule has 7 heteroatoms. The van der Waals surface area contributed by atoms with Gasteiger partial charge < -0.3 is 4.74 Å². The molecule has 0 radical (unpaired) electrons. The van der Waals surface area contributed by atoms with E-state index < -0.39 is 10.0 Å². The molecule has 0 heterocycles. The van der Waals surface area contributed by atoms with Crippen LogP contribution in [-0.2, 0) is 16.6 Å². The summed E-state index contributed by atoms with van der Waals surface area (Å²) in [5.74, 6) is 0.263. The molecule has 1 N–H and O–H groups in total. The topological polar surface area (TPSA) is 72.5 Å². The number of anilines is 1. The number of hydrogen-bond acceptors (Lipinski definition) is 4. The monoisotopic (exact) mass is 397 g/mol. The summed E-state index contributed by atoms with van der Waals surface area (Å²) in [5, 5.41) is 0.146. The predicted octanol–water partition coefficient (Wildman–Crippen LogP) is 3.21. The zero-order chi connectivity index (χ0) is 16.9. The van der Waals surface area contributed by atoms with Crippen molar-refractivity contribution < 1.29 is 17.9 Å². The highest BCUT2D eigenvalue weighted by Crippen LogP contribution is 2.23. The Hall–Kier alpha value is -1.86. The molecule has 0 amide bonds. The minimum absolute atomic E-state index is 0.146. The minimum Gasteiger partial charge on any atom is -0.489 e. The predicted molar refractivity (Wildman–Crippen MR) is 93.8 cm³/mol. The second kappa shape index (κ2) is 7.61. The Balaban J connectivity index is 2.26. The summed E-state index contributed by atoms with van der Waals surface area (Å²) in [7, 11) is -3.44. The maximum absolute atomic E-state index is 11.9. The van der Waals surface area contributed by atoms with Crippen molar-refractivity contribution in [1.82, 2.24) is 0 Å². The molecule has 0 spiro atoms. The molecular weight excluding hydrogens is 382 g/mol. The first kappa shape index (κ1) is 17.5. The van der Waals surface area contributed by atoms with Crippen LogP contribution in [0.15, 0.2) is 48.5 Å². The molecule has 2 aromatic carbocycles. The van der Waals surface area contributed by atoms with Crippen LogP contribution in [-0.4, -0.2) is 25.8 Å². The SMILES string of the molecule is CS(=O)(=O)Nc1cc(OCc2ccccc2)cc(C(=O)CBr)c1. The Bertz CT molecular complexity index is 791. The average molecular weight is 398 g/mol. The van der Waals surface area contributed by atoms with Crippen molar-refractivity contribution >= 4 is 37.4 Å². The van der Waals surface area contributed by atoms with E-state index in [1.165, 1.54) is 6.07 Å². The number of ether oxygens (including phenoxy) is 1. The van der Waals surface area contributed by atoms with Gasteiger partial charge in [-0.1, -0.05) is 46.3 Å². The van der Waals surface area contributed by atoms with Gasteiger partial charge in [0.05, 0.1) is 17.3 Å². The molecule has 0 bridgehead atoms. The van der Waals surface area contributed by atoms with E-state index in [2.05, 4.69) is 20.7 Å². The summed E-state index contributed by atoms with van der Waals surface area (Å²) in [6.45, 7) is 0.325. The van der Waals surface area contributed by atoms with Crippen molar-refractivity contribution in [3.63, 3.8) is 0 Å². The Morgan fingerprint density at radius 1 is 1.17 bits per heavy atom. The van der Waals surface area contributed by atoms with Crippen LogP contribution in [0.2, 0.25) is 0 Å². The fourth-order valence-electron chi connectivity index (χ4n) is 1.93. The molecule has 2 aromatic rings. The van der Waals surface area contributed by atoms with E-state index in [4.69, 9.17) is 4.74 Å². The third-order valence-corrected chi connectivity index (χ3v) is 4.02. The quantitative estimate of drug-likeness (QED) is 0.574. The van der Waals surface area contributed by atoms with E-state index in [-0.39, 0.29) is 11.1 Å². The minimum atomic E-state index is -3.44. The lowest BCUT2D eigenvalue weighted by Gasteiger charge is -2.11. The number of sulfonamides is 1. The van der Waals surface area contributed by atoms with Crippen molar-refractivity contribution in [2.45, 2.75) is 6.61 Å². The van der Waals surface area contributed by atoms with Crippen LogP contribution in [0.5, 0.6) is 5.75 Å². The van der Waals surface area contributed by atoms with Crippen LogP contribution in [0.4, 0.5) is 5.69 Å². The summed E-state index contributed by atoms with van der Waals surface area (Å²) in [5.41, 5.74) is 1.64. The van der Waals surface area contributed by atoms with Crippen molar-refractivity contribution in [2.75, 3.05) is 16.3 Å². The summed E-state index contributed by atoms with van der Waals surface area (Å²) < 4.78 is 30.8. The number of Topliss-reactive ketones (excluding diaryl/α,β-unsaturated/α-hetero) is 1. The first-order valence-electron chi connectivity index (χ1n) is 6.76. The number of ketones is 1. The Morgan fingerprint density at radius 2 is 1.87 bits per heavy atom. The van der Waals surface area contributed by atoms with Gasteiger partial charge in [0.25, 0.3) is 0 Å². The smallest absolute Gasteiger partial charge is 0.229 e. The molecular formula is C16H16BrNO4S. The summed E-state index contributed by atoms with van der Waals surface area (Å²) in [4.78, 5) is 11.9. The molecule has 0 aromatic heterocycles. The van der Waals surface area contributed by atoms with Gasteiger partial charge in [0.2, 0.25) is 10.0 Å². The molecule has 0 unspecified atom stereocenters. The van der Waals surface area contributed by atoms with E-state index in [1.807, 2.05) is 30.3 Å². The van der Waals surface area contributed by atoms with E-state index in [1.54, 1.807) is 12.1 Å². The molecule has 23 heavy (non-hydrogen) atoms. The van der Waals surface area contributed by atoms with E-state index in [0.29, 0.717) is 23.6 Å². The normalized spacial score (nSPS) is 11.0. The molecule has 2 rings (SSSR count). The molecule has 5 nitrogen and oxygen atoms in total. The lowest BCUT2D eigenvalue weighted by atomic mass is 10.1. The average Bonchev–Trinajstić information content (AvgIpc) is 2.51. The maximum Gasteiger partial charge on any atom is 0.229 e. The molecule has 0 aliphatic heterocycles. The van der Waals surface area contributed by atoms with Crippen LogP contribution in [0.25, 0.3) is 0 Å². The third-order valence-electron chi connectivity index (χ3n) is 2.90. The van der Waals surface area contributed by atoms with E-state index in [9.17, 15) is 13.2 Å². The van der Waals surface area contributed by atoms with Crippen LogP contribution < -0.4 is 9.46 Å². The largest absolute Gasteiger partial charge is 0.489 e. The van der Waals surface area contributed by atoms with E-state index in [0.717, 1.165) is 11.8 Å². The zero-order valence-electron chi connectivity index (χ0n) is 12.5. The molecule has 122 valence electrons. The number of halogens is 1. The maximum atomic E-state index is 11.9. The van der Waals surface area contributed by atoms with Crippen molar-refractivity contribution in [3.8, 4) is 5.75 Å². The summed E-state index contributed by atoms with van der Waals surface area (Å²) in [6, 6.07) is 14.2. The van der Waals surface area contributed by atoms with Crippen LogP contribution in [0, 0.1) is 0 Å². The van der Waals surface area contributed by atoms with Crippen LogP contribution >= 0.6 is 15.9 Å². The van der Waals surface area contributed by atoms with Gasteiger partial charge >= 0.3 is 0 Å². The number of benzene rings is 2. The summed E-state index contributed by atoms with van der Waals surface area (Å²) in [6.07, 6.45) is 1.05. The van der Waals surface area contributed by atoms with Gasteiger partial charge in [-0.25, -0.2) is 8.42 Å². The Labute approximate surface area is 143 Å². The number of hydrogen-bond donors (Lipinski definition) is 1. The first-order valence-corrected chi connectivity index (χ1v) is 9.77. The second-order valence-corrected chi connectivity index (χ2v) is 7.26. The lowest BCUT2D eigenvalue weighted by molar-refractivity contribution is 0.102. The molecule has 0 atom stereocenters. The van der Waals surface area contributed by atoms with Gasteiger partial charge in [-0.05, 0) is 17.7 Å². The lowest BCUT2D eigenvalue weighted by Crippen LogP contribution is -2.11. The molecule has 0 saturated heterocycles. The third kappa shape index (κ3) is 5.69. The Kier molecular flexibility index (Phi) is 5.79. The standard InChI is InChI=1S/C16H16BrNO4S/c1-23(20,21)18-14-7-13(16(19)10-17)8-15(9-14)22-11-12-5-3-2-4-6-12/h2-9,18H,10-11H2,1H3. The number of carbonyl (C=O) groups excluding carboxylic acids is 1. The van der Waals surface area contributed by atoms with Gasteiger partial charge in [0.15, 0.2) is 5.78 Å². The molecule has 0 aliphatic rings. The van der Waals surface area contributed by atoms with Crippen molar-refractivity contribution in [1.29, 1.82) is 0 Å². The fourth-order valence-corrected chi connectivity index (χ4v) is 2.80. The molecule has 0 aliphatic carbocycles. The highest BCUT2D eigenvalue weighted by molar-refractivity contribution is 9.09. The van der Waals surface area contributed by atoms with E-state index >= 15 is 0 Å². The second-order valence-electron chi connectivity index (χ2n) is 4.95. The Morgan fingerprint density at radius 3 is 2.48 bits per heavy atom. The fraction of sp³-hybridized carbons (Fsp3) is 0.188. The summed E-state index contributed by atoms with van der Waals surface area (Å²) >= 11 is 3.11. The highest BCUT2D eigenvalue weighted by Gasteiger charge is 2.11. The van der Waals surface area contributed by atoms with Crippen LogP contribution in [0.1, 0.15) is 15.9 Å².